The maximum Gasteiger partial charge on any atom is 0.306 e. The summed E-state index contributed by atoms with van der Waals surface area (Å²) in [6.07, 6.45) is -0.485. The normalized spacial score (nSPS) is 19.5. The lowest BCUT2D eigenvalue weighted by atomic mass is 9.75. The van der Waals surface area contributed by atoms with E-state index in [9.17, 15) is 9.90 Å². The fraction of sp³-hybridized carbons (Fsp3) is 0.278. The molecule has 0 bridgehead atoms. The number of esters is 1. The van der Waals surface area contributed by atoms with Crippen LogP contribution in [0.3, 0.4) is 0 Å². The van der Waals surface area contributed by atoms with Gasteiger partial charge < -0.3 is 9.84 Å². The predicted octanol–water partition coefficient (Wildman–Crippen LogP) is 3.44. The van der Waals surface area contributed by atoms with Crippen molar-refractivity contribution < 1.29 is 14.6 Å². The van der Waals surface area contributed by atoms with Crippen molar-refractivity contribution >= 4 is 5.97 Å². The maximum absolute atomic E-state index is 11.8. The van der Waals surface area contributed by atoms with E-state index < -0.39 is 6.10 Å². The number of hydrogen-bond donors (Lipinski definition) is 1. The molecule has 2 atom stereocenters. The first-order valence-electron chi connectivity index (χ1n) is 7.24. The Morgan fingerprint density at radius 1 is 1.05 bits per heavy atom. The summed E-state index contributed by atoms with van der Waals surface area (Å²) < 4.78 is 5.05. The second-order valence-electron chi connectivity index (χ2n) is 5.23. The summed E-state index contributed by atoms with van der Waals surface area (Å²) in [6, 6.07) is 15.8. The minimum absolute atomic E-state index is 0.195. The largest absolute Gasteiger partial charge is 0.466 e. The number of hydrogen-bond acceptors (Lipinski definition) is 3. The van der Waals surface area contributed by atoms with Crippen molar-refractivity contribution in [3.05, 3.63) is 59.7 Å². The molecule has 0 heterocycles. The van der Waals surface area contributed by atoms with Crippen molar-refractivity contribution in [3.8, 4) is 11.1 Å². The highest BCUT2D eigenvalue weighted by Crippen LogP contribution is 2.46. The van der Waals surface area contributed by atoms with Gasteiger partial charge in [-0.25, -0.2) is 0 Å². The average Bonchev–Trinajstić information content (AvgIpc) is 2.52. The second kappa shape index (κ2) is 5.70. The topological polar surface area (TPSA) is 46.5 Å². The fourth-order valence-corrected chi connectivity index (χ4v) is 3.07. The molecule has 3 nitrogen and oxygen atoms in total. The van der Waals surface area contributed by atoms with Crippen LogP contribution in [0.5, 0.6) is 0 Å². The minimum atomic E-state index is -0.680. The number of ether oxygens (including phenoxy) is 1. The first-order valence-corrected chi connectivity index (χ1v) is 7.24. The lowest BCUT2D eigenvalue weighted by molar-refractivity contribution is -0.144. The summed E-state index contributed by atoms with van der Waals surface area (Å²) in [6.45, 7) is 2.15. The van der Waals surface area contributed by atoms with Gasteiger partial charge in [-0.15, -0.1) is 0 Å². The first kappa shape index (κ1) is 13.8. The highest BCUT2D eigenvalue weighted by molar-refractivity contribution is 5.77. The van der Waals surface area contributed by atoms with Crippen LogP contribution in [0.1, 0.15) is 36.5 Å². The van der Waals surface area contributed by atoms with Crippen LogP contribution in [0.25, 0.3) is 11.1 Å². The second-order valence-corrected chi connectivity index (χ2v) is 5.23. The number of aliphatic hydroxyl groups excluding tert-OH is 1. The van der Waals surface area contributed by atoms with E-state index in [2.05, 4.69) is 0 Å². The Bertz CT molecular complexity index is 663. The van der Waals surface area contributed by atoms with Crippen molar-refractivity contribution in [1.29, 1.82) is 0 Å². The molecule has 1 N–H and O–H groups in total. The maximum atomic E-state index is 11.8. The first-order chi connectivity index (χ1) is 10.2. The zero-order chi connectivity index (χ0) is 14.8. The van der Waals surface area contributed by atoms with Crippen molar-refractivity contribution in [2.45, 2.75) is 25.4 Å². The molecule has 3 rings (SSSR count). The molecular formula is C18H18O3. The Morgan fingerprint density at radius 2 is 1.62 bits per heavy atom. The Hall–Kier alpha value is -2.13. The van der Waals surface area contributed by atoms with Gasteiger partial charge in [0, 0.05) is 5.92 Å². The van der Waals surface area contributed by atoms with Crippen molar-refractivity contribution in [1.82, 2.24) is 0 Å². The molecule has 2 aromatic rings. The molecule has 0 amide bonds. The van der Waals surface area contributed by atoms with Crippen molar-refractivity contribution in [3.63, 3.8) is 0 Å². The molecule has 0 aromatic heterocycles. The molecule has 0 saturated heterocycles. The summed E-state index contributed by atoms with van der Waals surface area (Å²) >= 11 is 0. The fourth-order valence-electron chi connectivity index (χ4n) is 3.07. The van der Waals surface area contributed by atoms with Gasteiger partial charge in [-0.3, -0.25) is 4.79 Å². The van der Waals surface area contributed by atoms with Gasteiger partial charge in [0.2, 0.25) is 0 Å². The Labute approximate surface area is 124 Å². The number of carbonyl (C=O) groups is 1. The third-order valence-corrected chi connectivity index (χ3v) is 4.00. The van der Waals surface area contributed by atoms with E-state index in [-0.39, 0.29) is 18.3 Å². The predicted molar refractivity (Wildman–Crippen MR) is 80.8 cm³/mol. The number of carbonyl (C=O) groups excluding carboxylic acids is 1. The van der Waals surface area contributed by atoms with Gasteiger partial charge >= 0.3 is 5.97 Å². The SMILES string of the molecule is CCOC(=O)C[C@@H]1c2ccccc2-c2ccccc2[C@H]1O. The van der Waals surface area contributed by atoms with Crippen LogP contribution in [0, 0.1) is 0 Å². The van der Waals surface area contributed by atoms with Gasteiger partial charge in [0.05, 0.1) is 19.1 Å². The highest BCUT2D eigenvalue weighted by Gasteiger charge is 2.33. The Balaban J connectivity index is 2.05. The molecular weight excluding hydrogens is 264 g/mol. The lowest BCUT2D eigenvalue weighted by Gasteiger charge is -2.31. The van der Waals surface area contributed by atoms with E-state index >= 15 is 0 Å². The van der Waals surface area contributed by atoms with Crippen LogP contribution < -0.4 is 0 Å². The molecule has 108 valence electrons. The third-order valence-electron chi connectivity index (χ3n) is 4.00. The summed E-state index contributed by atoms with van der Waals surface area (Å²) in [5.41, 5.74) is 4.02. The van der Waals surface area contributed by atoms with E-state index in [0.29, 0.717) is 6.61 Å². The molecule has 0 unspecified atom stereocenters. The van der Waals surface area contributed by atoms with Gasteiger partial charge in [-0.1, -0.05) is 48.5 Å². The Morgan fingerprint density at radius 3 is 2.29 bits per heavy atom. The molecule has 0 radical (unpaired) electrons. The smallest absolute Gasteiger partial charge is 0.306 e. The molecule has 1 aliphatic carbocycles. The van der Waals surface area contributed by atoms with Gasteiger partial charge in [-0.2, -0.15) is 0 Å². The van der Waals surface area contributed by atoms with Gasteiger partial charge in [-0.05, 0) is 29.2 Å². The van der Waals surface area contributed by atoms with E-state index in [1.54, 1.807) is 6.92 Å². The molecule has 2 aromatic carbocycles. The summed E-state index contributed by atoms with van der Waals surface area (Å²) in [7, 11) is 0. The lowest BCUT2D eigenvalue weighted by Crippen LogP contribution is -2.21. The van der Waals surface area contributed by atoms with E-state index in [1.807, 2.05) is 48.5 Å². The highest BCUT2D eigenvalue weighted by atomic mass is 16.5. The van der Waals surface area contributed by atoms with Crippen LogP contribution in [0.2, 0.25) is 0 Å². The van der Waals surface area contributed by atoms with E-state index in [1.165, 1.54) is 0 Å². The molecule has 0 fully saturated rings. The number of benzene rings is 2. The number of rotatable bonds is 3. The van der Waals surface area contributed by atoms with Gasteiger partial charge in [0.1, 0.15) is 0 Å². The van der Waals surface area contributed by atoms with Gasteiger partial charge in [0.25, 0.3) is 0 Å². The molecule has 0 aliphatic heterocycles. The molecule has 0 saturated carbocycles. The molecule has 1 aliphatic rings. The number of aliphatic hydroxyl groups is 1. The van der Waals surface area contributed by atoms with E-state index in [0.717, 1.165) is 22.3 Å². The van der Waals surface area contributed by atoms with Gasteiger partial charge in [0.15, 0.2) is 0 Å². The van der Waals surface area contributed by atoms with Crippen LogP contribution in [-0.2, 0) is 9.53 Å². The number of fused-ring (bicyclic) bond motifs is 3. The minimum Gasteiger partial charge on any atom is -0.466 e. The van der Waals surface area contributed by atoms with E-state index in [4.69, 9.17) is 4.74 Å². The quantitative estimate of drug-likeness (QED) is 0.877. The molecule has 0 spiro atoms. The summed E-state index contributed by atoms with van der Waals surface area (Å²) in [4.78, 5) is 11.8. The zero-order valence-electron chi connectivity index (χ0n) is 12.0. The summed E-state index contributed by atoms with van der Waals surface area (Å²) in [5.74, 6) is -0.522. The molecule has 21 heavy (non-hydrogen) atoms. The van der Waals surface area contributed by atoms with Crippen LogP contribution in [0.4, 0.5) is 0 Å². The molecule has 3 heteroatoms. The standard InChI is InChI=1S/C18H18O3/c1-2-21-17(19)11-16-14-9-4-3-7-12(14)13-8-5-6-10-15(13)18(16)20/h3-10,16,18,20H,2,11H2,1H3/t16-,18-/m1/s1. The van der Waals surface area contributed by atoms with Crippen molar-refractivity contribution in [2.24, 2.45) is 0 Å². The van der Waals surface area contributed by atoms with Crippen molar-refractivity contribution in [2.75, 3.05) is 6.61 Å². The summed E-state index contributed by atoms with van der Waals surface area (Å²) in [5, 5.41) is 10.7. The van der Waals surface area contributed by atoms with Crippen LogP contribution in [0.15, 0.2) is 48.5 Å². The third kappa shape index (κ3) is 2.45. The Kier molecular flexibility index (Phi) is 3.76. The van der Waals surface area contributed by atoms with Crippen LogP contribution >= 0.6 is 0 Å². The monoisotopic (exact) mass is 282 g/mol. The zero-order valence-corrected chi connectivity index (χ0v) is 12.0. The average molecular weight is 282 g/mol. The van der Waals surface area contributed by atoms with Crippen LogP contribution in [-0.4, -0.2) is 17.7 Å².